The third-order valence-corrected chi connectivity index (χ3v) is 4.27. The van der Waals surface area contributed by atoms with Gasteiger partial charge in [0.25, 0.3) is 0 Å². The third kappa shape index (κ3) is 4.57. The monoisotopic (exact) mass is 329 g/mol. The van der Waals surface area contributed by atoms with Gasteiger partial charge < -0.3 is 20.9 Å². The molecule has 3 N–H and O–H groups in total. The number of pyridine rings is 1. The Hall–Kier alpha value is -2.37. The smallest absolute Gasteiger partial charge is 0.246 e. The van der Waals surface area contributed by atoms with E-state index in [9.17, 15) is 4.79 Å². The van der Waals surface area contributed by atoms with Gasteiger partial charge in [-0.25, -0.2) is 4.98 Å². The summed E-state index contributed by atoms with van der Waals surface area (Å²) in [4.78, 5) is 17.7. The van der Waals surface area contributed by atoms with Gasteiger partial charge in [-0.1, -0.05) is 19.3 Å². The van der Waals surface area contributed by atoms with Crippen molar-refractivity contribution in [2.75, 3.05) is 31.8 Å². The highest BCUT2D eigenvalue weighted by Crippen LogP contribution is 2.27. The van der Waals surface area contributed by atoms with Crippen molar-refractivity contribution >= 4 is 23.1 Å². The van der Waals surface area contributed by atoms with Crippen LogP contribution in [0.25, 0.3) is 0 Å². The summed E-state index contributed by atoms with van der Waals surface area (Å²) in [7, 11) is 5.20. The quantitative estimate of drug-likeness (QED) is 0.554. The highest BCUT2D eigenvalue weighted by atomic mass is 16.2. The van der Waals surface area contributed by atoms with Gasteiger partial charge in [0.2, 0.25) is 5.91 Å². The number of aromatic nitrogens is 1. The van der Waals surface area contributed by atoms with Gasteiger partial charge in [-0.2, -0.15) is 0 Å². The summed E-state index contributed by atoms with van der Waals surface area (Å²) in [6.07, 6.45) is 10.7. The van der Waals surface area contributed by atoms with Crippen LogP contribution in [0.1, 0.15) is 37.7 Å². The maximum Gasteiger partial charge on any atom is 0.246 e. The molecule has 130 valence electrons. The summed E-state index contributed by atoms with van der Waals surface area (Å²) in [6, 6.07) is 2.25. The first-order valence-corrected chi connectivity index (χ1v) is 8.44. The maximum absolute atomic E-state index is 11.7. The Kier molecular flexibility index (Phi) is 6.35. The van der Waals surface area contributed by atoms with E-state index in [4.69, 9.17) is 5.41 Å². The lowest BCUT2D eigenvalue weighted by molar-refractivity contribution is -0.123. The van der Waals surface area contributed by atoms with Gasteiger partial charge in [-0.15, -0.1) is 0 Å². The van der Waals surface area contributed by atoms with Crippen LogP contribution in [-0.4, -0.2) is 48.7 Å². The first kappa shape index (κ1) is 18.0. The number of nitrogens with zero attached hydrogens (tertiary/aromatic N) is 2. The minimum Gasteiger partial charge on any atom is -0.387 e. The van der Waals surface area contributed by atoms with Crippen molar-refractivity contribution in [1.29, 1.82) is 5.41 Å². The summed E-state index contributed by atoms with van der Waals surface area (Å²) in [5, 5.41) is 15.0. The zero-order valence-electron chi connectivity index (χ0n) is 14.7. The molecule has 6 nitrogen and oxygen atoms in total. The van der Waals surface area contributed by atoms with E-state index in [0.29, 0.717) is 17.4 Å². The first-order chi connectivity index (χ1) is 11.5. The molecule has 6 heteroatoms. The molecule has 1 amide bonds. The fourth-order valence-corrected chi connectivity index (χ4v) is 2.88. The van der Waals surface area contributed by atoms with Crippen LogP contribution in [0.4, 0.5) is 11.5 Å². The molecule has 0 radical (unpaired) electrons. The number of carbonyl (C=O) groups is 1. The number of likely N-dealkylation sites (N-methyl/N-ethyl adjacent to an activating group) is 1. The van der Waals surface area contributed by atoms with E-state index in [1.54, 1.807) is 20.3 Å². The van der Waals surface area contributed by atoms with E-state index in [-0.39, 0.29) is 11.6 Å². The molecular weight excluding hydrogens is 302 g/mol. The molecule has 0 bridgehead atoms. The van der Waals surface area contributed by atoms with E-state index in [0.717, 1.165) is 18.5 Å². The molecule has 1 aliphatic carbocycles. The maximum atomic E-state index is 11.7. The molecule has 1 aromatic heterocycles. The lowest BCUT2D eigenvalue weighted by Crippen LogP contribution is -2.24. The molecule has 1 fully saturated rings. The third-order valence-electron chi connectivity index (χ3n) is 4.27. The molecule has 1 aliphatic rings. The van der Waals surface area contributed by atoms with Gasteiger partial charge >= 0.3 is 0 Å². The van der Waals surface area contributed by atoms with Crippen molar-refractivity contribution in [2.45, 2.75) is 38.1 Å². The molecule has 0 unspecified atom stereocenters. The Morgan fingerprint density at radius 2 is 2.00 bits per heavy atom. The average molecular weight is 329 g/mol. The van der Waals surface area contributed by atoms with Gasteiger partial charge in [-0.05, 0) is 25.0 Å². The van der Waals surface area contributed by atoms with E-state index in [2.05, 4.69) is 15.6 Å². The highest BCUT2D eigenvalue weighted by molar-refractivity contribution is 6.15. The van der Waals surface area contributed by atoms with Crippen molar-refractivity contribution in [2.24, 2.45) is 0 Å². The number of allylic oxidation sites excluding steroid dienone is 1. The van der Waals surface area contributed by atoms with Crippen LogP contribution in [0.5, 0.6) is 0 Å². The molecule has 0 atom stereocenters. The summed E-state index contributed by atoms with van der Waals surface area (Å²) in [5.74, 6) is 0.567. The number of carbonyl (C=O) groups excluding carboxylic acids is 1. The second-order valence-electron chi connectivity index (χ2n) is 6.29. The normalized spacial score (nSPS) is 15.3. The van der Waals surface area contributed by atoms with Crippen LogP contribution >= 0.6 is 0 Å². The fourth-order valence-electron chi connectivity index (χ4n) is 2.88. The van der Waals surface area contributed by atoms with Gasteiger partial charge in [0.05, 0.1) is 11.3 Å². The van der Waals surface area contributed by atoms with E-state index < -0.39 is 0 Å². The summed E-state index contributed by atoms with van der Waals surface area (Å²) >= 11 is 0. The Labute approximate surface area is 143 Å². The highest BCUT2D eigenvalue weighted by Gasteiger charge is 2.18. The van der Waals surface area contributed by atoms with Crippen molar-refractivity contribution in [3.63, 3.8) is 0 Å². The fraction of sp³-hybridized carbons (Fsp3) is 0.500. The molecule has 1 heterocycles. The predicted molar refractivity (Wildman–Crippen MR) is 98.9 cm³/mol. The average Bonchev–Trinajstić information content (AvgIpc) is 2.59. The van der Waals surface area contributed by atoms with Crippen LogP contribution in [0.2, 0.25) is 0 Å². The van der Waals surface area contributed by atoms with Gasteiger partial charge in [0, 0.05) is 45.1 Å². The summed E-state index contributed by atoms with van der Waals surface area (Å²) in [5.41, 5.74) is 1.80. The number of amides is 1. The largest absolute Gasteiger partial charge is 0.387 e. The molecular formula is C18H27N5O. The molecule has 1 aromatic rings. The van der Waals surface area contributed by atoms with Gasteiger partial charge in [0.1, 0.15) is 5.82 Å². The molecule has 2 rings (SSSR count). The Morgan fingerprint density at radius 3 is 2.62 bits per heavy atom. The van der Waals surface area contributed by atoms with Crippen LogP contribution in [0.3, 0.4) is 0 Å². The Bertz CT molecular complexity index is 618. The second kappa shape index (κ2) is 8.47. The second-order valence-corrected chi connectivity index (χ2v) is 6.29. The topological polar surface area (TPSA) is 81.1 Å². The SMILES string of the molecule is CNc1ccnc(NC2CCCCC2)c1C(=N)/C=C/C(=O)N(C)C. The lowest BCUT2D eigenvalue weighted by Gasteiger charge is -2.25. The van der Waals surface area contributed by atoms with Crippen LogP contribution in [0, 0.1) is 5.41 Å². The molecule has 0 saturated heterocycles. The lowest BCUT2D eigenvalue weighted by atomic mass is 9.95. The molecule has 0 aliphatic heterocycles. The number of anilines is 2. The van der Waals surface area contributed by atoms with E-state index in [1.165, 1.54) is 36.3 Å². The number of hydrogen-bond donors (Lipinski definition) is 3. The molecule has 24 heavy (non-hydrogen) atoms. The number of hydrogen-bond acceptors (Lipinski definition) is 5. The zero-order chi connectivity index (χ0) is 17.5. The summed E-state index contributed by atoms with van der Waals surface area (Å²) < 4.78 is 0. The molecule has 0 spiro atoms. The van der Waals surface area contributed by atoms with E-state index >= 15 is 0 Å². The predicted octanol–water partition coefficient (Wildman–Crippen LogP) is 2.88. The molecule has 0 aromatic carbocycles. The molecule has 1 saturated carbocycles. The van der Waals surface area contributed by atoms with Crippen molar-refractivity contribution in [1.82, 2.24) is 9.88 Å². The van der Waals surface area contributed by atoms with Gasteiger partial charge in [-0.3, -0.25) is 4.79 Å². The van der Waals surface area contributed by atoms with Crippen LogP contribution in [0.15, 0.2) is 24.4 Å². The minimum atomic E-state index is -0.142. The van der Waals surface area contributed by atoms with E-state index in [1.807, 2.05) is 13.1 Å². The van der Waals surface area contributed by atoms with Gasteiger partial charge in [0.15, 0.2) is 0 Å². The van der Waals surface area contributed by atoms with Crippen molar-refractivity contribution < 1.29 is 4.79 Å². The first-order valence-electron chi connectivity index (χ1n) is 8.44. The number of nitrogens with one attached hydrogen (secondary N) is 3. The summed E-state index contributed by atoms with van der Waals surface area (Å²) in [6.45, 7) is 0. The standard InChI is InChI=1S/C18H27N5O/c1-20-15-11-12-21-18(22-13-7-5-4-6-8-13)17(15)14(19)9-10-16(24)23(2)3/h9-13,19H,4-8H2,1-3H3,(H2,20,21,22)/b10-9+,19-14?. The zero-order valence-corrected chi connectivity index (χ0v) is 14.7. The minimum absolute atomic E-state index is 0.142. The Morgan fingerprint density at radius 1 is 1.29 bits per heavy atom. The van der Waals surface area contributed by atoms with Crippen LogP contribution in [-0.2, 0) is 4.79 Å². The van der Waals surface area contributed by atoms with Crippen LogP contribution < -0.4 is 10.6 Å². The number of rotatable bonds is 6. The van der Waals surface area contributed by atoms with Crippen molar-refractivity contribution in [3.8, 4) is 0 Å². The Balaban J connectivity index is 2.25. The van der Waals surface area contributed by atoms with Crippen molar-refractivity contribution in [3.05, 3.63) is 30.0 Å².